The smallest absolute Gasteiger partial charge is 0.277 e. The molecule has 0 N–H and O–H groups in total. The summed E-state index contributed by atoms with van der Waals surface area (Å²) in [6, 6.07) is 7.08. The van der Waals surface area contributed by atoms with Gasteiger partial charge in [0, 0.05) is 35.8 Å². The number of hydrogen-bond donors (Lipinski definition) is 0. The van der Waals surface area contributed by atoms with Crippen LogP contribution in [0.25, 0.3) is 11.1 Å². The molecule has 0 aliphatic carbocycles. The fourth-order valence-corrected chi connectivity index (χ4v) is 3.26. The zero-order valence-corrected chi connectivity index (χ0v) is 15.5. The Morgan fingerprint density at radius 3 is 2.63 bits per heavy atom. The molecule has 0 spiro atoms. The number of aryl methyl sites for hydroxylation is 1. The molecular formula is C19H17ClF2N4O. The lowest BCUT2D eigenvalue weighted by atomic mass is 10.0. The topological polar surface area (TPSA) is 51.0 Å². The average Bonchev–Trinajstić information content (AvgIpc) is 3.06. The largest absolute Gasteiger partial charge is 0.305 e. The van der Waals surface area contributed by atoms with Crippen molar-refractivity contribution >= 4 is 24.0 Å². The molecule has 1 atom stereocenters. The first-order valence-electron chi connectivity index (χ1n) is 8.23. The summed E-state index contributed by atoms with van der Waals surface area (Å²) >= 11 is 0. The van der Waals surface area contributed by atoms with Crippen LogP contribution in [-0.4, -0.2) is 27.2 Å². The van der Waals surface area contributed by atoms with E-state index >= 15 is 0 Å². The molecule has 1 aliphatic heterocycles. The molecule has 0 fully saturated rings. The molecule has 1 aliphatic rings. The highest BCUT2D eigenvalue weighted by Gasteiger charge is 2.34. The minimum atomic E-state index is -0.980. The van der Waals surface area contributed by atoms with E-state index in [2.05, 4.69) is 10.1 Å². The molecule has 5 nitrogen and oxygen atoms in total. The Kier molecular flexibility index (Phi) is 4.97. The van der Waals surface area contributed by atoms with Gasteiger partial charge in [-0.1, -0.05) is 0 Å². The van der Waals surface area contributed by atoms with Gasteiger partial charge in [-0.3, -0.25) is 14.5 Å². The minimum absolute atomic E-state index is 0. The monoisotopic (exact) mass is 390 g/mol. The van der Waals surface area contributed by atoms with Crippen LogP contribution in [0.2, 0.25) is 0 Å². The predicted molar refractivity (Wildman–Crippen MR) is 100 cm³/mol. The fourth-order valence-electron chi connectivity index (χ4n) is 3.26. The maximum absolute atomic E-state index is 13.6. The summed E-state index contributed by atoms with van der Waals surface area (Å²) in [5.41, 5.74) is 3.12. The number of carbonyl (C=O) groups excluding carboxylic acids is 1. The first-order chi connectivity index (χ1) is 12.5. The van der Waals surface area contributed by atoms with Crippen molar-refractivity contribution in [1.29, 1.82) is 0 Å². The molecule has 140 valence electrons. The van der Waals surface area contributed by atoms with E-state index in [-0.39, 0.29) is 24.4 Å². The van der Waals surface area contributed by atoms with Gasteiger partial charge < -0.3 is 4.90 Å². The molecule has 3 aromatic rings. The summed E-state index contributed by atoms with van der Waals surface area (Å²) in [6.07, 6.45) is 3.34. The van der Waals surface area contributed by atoms with E-state index in [1.54, 1.807) is 17.1 Å². The van der Waals surface area contributed by atoms with Crippen molar-refractivity contribution in [1.82, 2.24) is 14.8 Å². The lowest BCUT2D eigenvalue weighted by Gasteiger charge is -2.32. The summed E-state index contributed by atoms with van der Waals surface area (Å²) in [6.45, 7) is 4.13. The van der Waals surface area contributed by atoms with Crippen molar-refractivity contribution in [3.63, 3.8) is 0 Å². The quantitative estimate of drug-likeness (QED) is 0.659. The first-order valence-corrected chi connectivity index (χ1v) is 8.23. The van der Waals surface area contributed by atoms with Crippen LogP contribution in [0, 0.1) is 18.6 Å². The molecule has 3 heterocycles. The number of fused-ring (bicyclic) bond motifs is 1. The van der Waals surface area contributed by atoms with Crippen molar-refractivity contribution < 1.29 is 13.6 Å². The number of amides is 1. The number of anilines is 1. The van der Waals surface area contributed by atoms with Crippen molar-refractivity contribution in [2.45, 2.75) is 19.9 Å². The van der Waals surface area contributed by atoms with Crippen molar-refractivity contribution in [3.8, 4) is 11.1 Å². The van der Waals surface area contributed by atoms with Gasteiger partial charge in [-0.2, -0.15) is 5.10 Å². The standard InChI is InChI=1S/C19H16F2N4O.ClH/c1-11-7-13(5-6-22-11)15-9-23-25-12(2)10-24(19(26)18(15)25)14-3-4-16(20)17(21)8-14;/h3-9,12H,10H2,1-2H3;1H/t12-;/m0./s1. The highest BCUT2D eigenvalue weighted by atomic mass is 35.5. The molecule has 0 radical (unpaired) electrons. The molecule has 4 rings (SSSR count). The van der Waals surface area contributed by atoms with Crippen LogP contribution in [0.4, 0.5) is 14.5 Å². The first kappa shape index (κ1) is 19.0. The maximum atomic E-state index is 13.6. The Labute approximate surface area is 161 Å². The second-order valence-corrected chi connectivity index (χ2v) is 6.40. The van der Waals surface area contributed by atoms with Gasteiger partial charge >= 0.3 is 0 Å². The van der Waals surface area contributed by atoms with Crippen LogP contribution in [0.5, 0.6) is 0 Å². The summed E-state index contributed by atoms with van der Waals surface area (Å²) in [7, 11) is 0. The van der Waals surface area contributed by atoms with Crippen LogP contribution >= 0.6 is 12.4 Å². The van der Waals surface area contributed by atoms with E-state index in [9.17, 15) is 13.6 Å². The van der Waals surface area contributed by atoms with E-state index in [0.29, 0.717) is 23.5 Å². The third-order valence-electron chi connectivity index (χ3n) is 4.53. The zero-order valence-electron chi connectivity index (χ0n) is 14.7. The van der Waals surface area contributed by atoms with Gasteiger partial charge in [-0.15, -0.1) is 12.4 Å². The number of rotatable bonds is 2. The number of benzene rings is 1. The highest BCUT2D eigenvalue weighted by Crippen LogP contribution is 2.33. The molecule has 1 amide bonds. The van der Waals surface area contributed by atoms with Gasteiger partial charge in [0.15, 0.2) is 11.6 Å². The third-order valence-corrected chi connectivity index (χ3v) is 4.53. The molecular weight excluding hydrogens is 374 g/mol. The minimum Gasteiger partial charge on any atom is -0.305 e. The predicted octanol–water partition coefficient (Wildman–Crippen LogP) is 4.17. The number of nitrogens with zero attached hydrogens (tertiary/aromatic N) is 4. The highest BCUT2D eigenvalue weighted by molar-refractivity contribution is 6.09. The molecule has 2 aromatic heterocycles. The molecule has 0 saturated heterocycles. The third kappa shape index (κ3) is 3.19. The maximum Gasteiger partial charge on any atom is 0.277 e. The van der Waals surface area contributed by atoms with E-state index in [0.717, 1.165) is 23.4 Å². The lowest BCUT2D eigenvalue weighted by molar-refractivity contribution is 0.0954. The summed E-state index contributed by atoms with van der Waals surface area (Å²) in [4.78, 5) is 18.8. The van der Waals surface area contributed by atoms with E-state index in [1.165, 1.54) is 11.0 Å². The van der Waals surface area contributed by atoms with Gasteiger partial charge in [0.25, 0.3) is 5.91 Å². The van der Waals surface area contributed by atoms with Crippen LogP contribution in [0.15, 0.2) is 42.7 Å². The van der Waals surface area contributed by atoms with Crippen LogP contribution < -0.4 is 4.90 Å². The van der Waals surface area contributed by atoms with Crippen molar-refractivity contribution in [3.05, 3.63) is 65.7 Å². The van der Waals surface area contributed by atoms with Gasteiger partial charge in [-0.05, 0) is 43.7 Å². The summed E-state index contributed by atoms with van der Waals surface area (Å²) in [5.74, 6) is -2.22. The van der Waals surface area contributed by atoms with Crippen LogP contribution in [-0.2, 0) is 0 Å². The molecule has 27 heavy (non-hydrogen) atoms. The molecule has 1 aromatic carbocycles. The number of pyridine rings is 1. The zero-order chi connectivity index (χ0) is 18.4. The summed E-state index contributed by atoms with van der Waals surface area (Å²) in [5, 5.41) is 4.37. The van der Waals surface area contributed by atoms with Crippen LogP contribution in [0.3, 0.4) is 0 Å². The van der Waals surface area contributed by atoms with Gasteiger partial charge in [0.05, 0.1) is 12.2 Å². The Morgan fingerprint density at radius 1 is 1.15 bits per heavy atom. The van der Waals surface area contributed by atoms with E-state index in [1.807, 2.05) is 26.0 Å². The molecule has 0 bridgehead atoms. The lowest BCUT2D eigenvalue weighted by Crippen LogP contribution is -2.42. The van der Waals surface area contributed by atoms with Gasteiger partial charge in [-0.25, -0.2) is 8.78 Å². The molecule has 0 saturated carbocycles. The van der Waals surface area contributed by atoms with Crippen molar-refractivity contribution in [2.24, 2.45) is 0 Å². The van der Waals surface area contributed by atoms with Crippen LogP contribution in [0.1, 0.15) is 29.1 Å². The number of aromatic nitrogens is 3. The fraction of sp³-hybridized carbons (Fsp3) is 0.211. The number of halogens is 3. The summed E-state index contributed by atoms with van der Waals surface area (Å²) < 4.78 is 28.6. The number of carbonyl (C=O) groups is 1. The normalized spacial score (nSPS) is 16.1. The van der Waals surface area contributed by atoms with Crippen molar-refractivity contribution in [2.75, 3.05) is 11.4 Å². The Morgan fingerprint density at radius 2 is 1.93 bits per heavy atom. The second kappa shape index (κ2) is 7.08. The Hall–Kier alpha value is -2.80. The van der Waals surface area contributed by atoms with Gasteiger partial charge in [0.1, 0.15) is 5.69 Å². The molecule has 0 unspecified atom stereocenters. The van der Waals surface area contributed by atoms with E-state index in [4.69, 9.17) is 0 Å². The average molecular weight is 391 g/mol. The molecule has 8 heteroatoms. The Bertz CT molecular complexity index is 1020. The van der Waals surface area contributed by atoms with Gasteiger partial charge in [0.2, 0.25) is 0 Å². The Balaban J connectivity index is 0.00000210. The SMILES string of the molecule is Cc1cc(-c2cnn3c2C(=O)N(c2ccc(F)c(F)c2)C[C@@H]3C)ccn1.Cl. The second-order valence-electron chi connectivity index (χ2n) is 6.40. The van der Waals surface area contributed by atoms with E-state index < -0.39 is 11.6 Å². The number of hydrogen-bond acceptors (Lipinski definition) is 3.